The number of aromatic nitrogens is 1. The van der Waals surface area contributed by atoms with Gasteiger partial charge in [0.2, 0.25) is 0 Å². The number of nitrogens with zero attached hydrogens (tertiary/aromatic N) is 2. The Balaban J connectivity index is 1.47. The minimum Gasteiger partial charge on any atom is -0.456 e. The molecule has 0 radical (unpaired) electrons. The lowest BCUT2D eigenvalue weighted by molar-refractivity contribution is -0.148. The number of rotatable bonds is 7. The van der Waals surface area contributed by atoms with Crippen molar-refractivity contribution < 1.29 is 22.7 Å². The first-order valence-corrected chi connectivity index (χ1v) is 13.2. The van der Waals surface area contributed by atoms with Crippen LogP contribution in [0.15, 0.2) is 58.3 Å². The fourth-order valence-corrected chi connectivity index (χ4v) is 6.84. The molecule has 3 aromatic rings. The van der Waals surface area contributed by atoms with Gasteiger partial charge < -0.3 is 10.1 Å². The highest BCUT2D eigenvalue weighted by molar-refractivity contribution is 7.91. The Labute approximate surface area is 210 Å². The van der Waals surface area contributed by atoms with E-state index in [9.17, 15) is 18.0 Å². The molecule has 1 aliphatic heterocycles. The van der Waals surface area contributed by atoms with Gasteiger partial charge in [-0.05, 0) is 35.1 Å². The number of thiophene rings is 1. The van der Waals surface area contributed by atoms with Gasteiger partial charge in [0.1, 0.15) is 4.21 Å². The first-order chi connectivity index (χ1) is 16.3. The molecule has 1 N–H and O–H groups in total. The van der Waals surface area contributed by atoms with Crippen LogP contribution >= 0.6 is 34.5 Å². The normalized spacial score (nSPS) is 16.0. The molecule has 0 spiro atoms. The molecule has 8 nitrogen and oxygen atoms in total. The SMILES string of the molecule is O=C(COC(=O)CC1c2ccccc2CCN1S(=O)(=O)c1cccs1)Nc1ncc(Cl)cc1Cl. The Morgan fingerprint density at radius 3 is 2.74 bits per heavy atom. The summed E-state index contributed by atoms with van der Waals surface area (Å²) in [5.41, 5.74) is 1.71. The molecular formula is C22H19Cl2N3O5S2. The van der Waals surface area contributed by atoms with Crippen LogP contribution in [0.25, 0.3) is 0 Å². The second kappa shape index (κ2) is 10.4. The summed E-state index contributed by atoms with van der Waals surface area (Å²) in [5, 5.41) is 4.58. The van der Waals surface area contributed by atoms with E-state index in [0.717, 1.165) is 22.5 Å². The monoisotopic (exact) mass is 539 g/mol. The molecule has 4 rings (SSSR count). The maximum Gasteiger partial charge on any atom is 0.308 e. The highest BCUT2D eigenvalue weighted by Crippen LogP contribution is 2.37. The van der Waals surface area contributed by atoms with Crippen molar-refractivity contribution in [2.75, 3.05) is 18.5 Å². The zero-order valence-corrected chi connectivity index (χ0v) is 20.8. The number of hydrogen-bond acceptors (Lipinski definition) is 7. The number of fused-ring (bicyclic) bond motifs is 1. The summed E-state index contributed by atoms with van der Waals surface area (Å²) >= 11 is 12.9. The Morgan fingerprint density at radius 1 is 1.21 bits per heavy atom. The van der Waals surface area contributed by atoms with Gasteiger partial charge in [-0.2, -0.15) is 4.31 Å². The molecule has 1 unspecified atom stereocenters. The number of sulfonamides is 1. The number of halogens is 2. The molecule has 1 aliphatic rings. The van der Waals surface area contributed by atoms with E-state index >= 15 is 0 Å². The van der Waals surface area contributed by atoms with Crippen LogP contribution in [0.5, 0.6) is 0 Å². The van der Waals surface area contributed by atoms with Crippen molar-refractivity contribution in [3.63, 3.8) is 0 Å². The van der Waals surface area contributed by atoms with Gasteiger partial charge in [-0.25, -0.2) is 13.4 Å². The van der Waals surface area contributed by atoms with E-state index in [1.165, 1.54) is 22.6 Å². The zero-order chi connectivity index (χ0) is 24.3. The minimum atomic E-state index is -3.81. The molecule has 1 atom stereocenters. The summed E-state index contributed by atoms with van der Waals surface area (Å²) in [4.78, 5) is 28.8. The van der Waals surface area contributed by atoms with E-state index in [-0.39, 0.29) is 28.0 Å². The Bertz CT molecular complexity index is 1320. The second-order valence-electron chi connectivity index (χ2n) is 7.41. The first kappa shape index (κ1) is 24.6. The number of carbonyl (C=O) groups is 2. The molecule has 0 saturated carbocycles. The largest absolute Gasteiger partial charge is 0.456 e. The first-order valence-electron chi connectivity index (χ1n) is 10.2. The Hall–Kier alpha value is -2.50. The average Bonchev–Trinajstić information content (AvgIpc) is 3.36. The van der Waals surface area contributed by atoms with Crippen LogP contribution in [-0.4, -0.2) is 42.7 Å². The Morgan fingerprint density at radius 2 is 2.00 bits per heavy atom. The maximum absolute atomic E-state index is 13.3. The molecule has 12 heteroatoms. The standard InChI is InChI=1S/C22H19Cl2N3O5S2/c23-15-10-17(24)22(25-12-15)26-19(28)13-32-20(29)11-18-16-5-2-1-4-14(16)7-8-27(18)34(30,31)21-6-3-9-33-21/h1-6,9-10,12,18H,7-8,11,13H2,(H,25,26,28). The second-order valence-corrected chi connectivity index (χ2v) is 11.3. The summed E-state index contributed by atoms with van der Waals surface area (Å²) in [7, 11) is -3.81. The zero-order valence-electron chi connectivity index (χ0n) is 17.6. The molecule has 1 amide bonds. The number of carbonyl (C=O) groups excluding carboxylic acids is 2. The molecular weight excluding hydrogens is 521 g/mol. The third kappa shape index (κ3) is 5.42. The van der Waals surface area contributed by atoms with Crippen molar-refractivity contribution in [2.24, 2.45) is 0 Å². The van der Waals surface area contributed by atoms with Gasteiger partial charge >= 0.3 is 5.97 Å². The quantitative estimate of drug-likeness (QED) is 0.448. The van der Waals surface area contributed by atoms with Gasteiger partial charge in [0.15, 0.2) is 12.4 Å². The predicted octanol–water partition coefficient (Wildman–Crippen LogP) is 4.31. The van der Waals surface area contributed by atoms with Gasteiger partial charge in [-0.1, -0.05) is 53.5 Å². The van der Waals surface area contributed by atoms with Crippen molar-refractivity contribution >= 4 is 62.3 Å². The van der Waals surface area contributed by atoms with Gasteiger partial charge in [-0.3, -0.25) is 9.59 Å². The van der Waals surface area contributed by atoms with E-state index in [1.807, 2.05) is 18.2 Å². The molecule has 0 fully saturated rings. The van der Waals surface area contributed by atoms with Gasteiger partial charge in [0, 0.05) is 12.7 Å². The average molecular weight is 540 g/mol. The lowest BCUT2D eigenvalue weighted by Crippen LogP contribution is -2.41. The third-order valence-electron chi connectivity index (χ3n) is 5.21. The molecule has 0 saturated heterocycles. The summed E-state index contributed by atoms with van der Waals surface area (Å²) < 4.78 is 33.2. The van der Waals surface area contributed by atoms with Crippen LogP contribution in [0.1, 0.15) is 23.6 Å². The number of esters is 1. The number of pyridine rings is 1. The van der Waals surface area contributed by atoms with Crippen molar-refractivity contribution in [2.45, 2.75) is 23.1 Å². The number of ether oxygens (including phenoxy) is 1. The van der Waals surface area contributed by atoms with Crippen molar-refractivity contribution in [1.29, 1.82) is 0 Å². The Kier molecular flexibility index (Phi) is 7.54. The summed E-state index contributed by atoms with van der Waals surface area (Å²) in [6.45, 7) is -0.345. The number of nitrogens with one attached hydrogen (secondary N) is 1. The van der Waals surface area contributed by atoms with Gasteiger partial charge in [-0.15, -0.1) is 11.3 Å². The lowest BCUT2D eigenvalue weighted by Gasteiger charge is -2.35. The van der Waals surface area contributed by atoms with Gasteiger partial charge in [0.25, 0.3) is 15.9 Å². The molecule has 2 aromatic heterocycles. The van der Waals surface area contributed by atoms with E-state index in [0.29, 0.717) is 11.4 Å². The molecule has 0 aliphatic carbocycles. The summed E-state index contributed by atoms with van der Waals surface area (Å²) in [6.07, 6.45) is 1.61. The third-order valence-corrected chi connectivity index (χ3v) is 8.99. The fraction of sp³-hybridized carbons (Fsp3) is 0.227. The predicted molar refractivity (Wildman–Crippen MR) is 130 cm³/mol. The van der Waals surface area contributed by atoms with E-state index in [2.05, 4.69) is 10.3 Å². The van der Waals surface area contributed by atoms with Crippen LogP contribution in [0.2, 0.25) is 10.0 Å². The highest BCUT2D eigenvalue weighted by Gasteiger charge is 2.38. The highest BCUT2D eigenvalue weighted by atomic mass is 35.5. The molecule has 34 heavy (non-hydrogen) atoms. The fourth-order valence-electron chi connectivity index (χ4n) is 3.69. The van der Waals surface area contributed by atoms with Crippen LogP contribution in [0.4, 0.5) is 5.82 Å². The van der Waals surface area contributed by atoms with Gasteiger partial charge in [0.05, 0.1) is 22.5 Å². The van der Waals surface area contributed by atoms with Crippen LogP contribution in [0, 0.1) is 0 Å². The molecule has 0 bridgehead atoms. The summed E-state index contributed by atoms with van der Waals surface area (Å²) in [6, 6.07) is 11.3. The number of benzene rings is 1. The van der Waals surface area contributed by atoms with Crippen LogP contribution in [0.3, 0.4) is 0 Å². The van der Waals surface area contributed by atoms with Crippen molar-refractivity contribution in [1.82, 2.24) is 9.29 Å². The van der Waals surface area contributed by atoms with Crippen LogP contribution in [-0.2, 0) is 30.8 Å². The molecule has 178 valence electrons. The summed E-state index contributed by atoms with van der Waals surface area (Å²) in [5.74, 6) is -1.27. The van der Waals surface area contributed by atoms with E-state index in [4.69, 9.17) is 27.9 Å². The number of anilines is 1. The minimum absolute atomic E-state index is 0.0848. The smallest absolute Gasteiger partial charge is 0.308 e. The van der Waals surface area contributed by atoms with Crippen molar-refractivity contribution in [3.05, 3.63) is 75.2 Å². The maximum atomic E-state index is 13.3. The number of amides is 1. The van der Waals surface area contributed by atoms with Crippen LogP contribution < -0.4 is 5.32 Å². The van der Waals surface area contributed by atoms with E-state index in [1.54, 1.807) is 17.5 Å². The lowest BCUT2D eigenvalue weighted by atomic mass is 9.92. The number of hydrogen-bond donors (Lipinski definition) is 1. The molecule has 3 heterocycles. The topological polar surface area (TPSA) is 106 Å². The molecule has 1 aromatic carbocycles. The van der Waals surface area contributed by atoms with Crippen molar-refractivity contribution in [3.8, 4) is 0 Å². The van der Waals surface area contributed by atoms with E-state index < -0.39 is 34.5 Å².